The van der Waals surface area contributed by atoms with Gasteiger partial charge in [0.05, 0.1) is 19.4 Å². The van der Waals surface area contributed by atoms with Crippen LogP contribution in [0.1, 0.15) is 19.4 Å². The summed E-state index contributed by atoms with van der Waals surface area (Å²) in [6, 6.07) is 7.36. The Morgan fingerprint density at radius 2 is 2.04 bits per heavy atom. The van der Waals surface area contributed by atoms with Crippen molar-refractivity contribution in [2.45, 2.75) is 13.8 Å². The molecule has 0 aliphatic rings. The highest BCUT2D eigenvalue weighted by atomic mass is 79.9. The Morgan fingerprint density at radius 1 is 1.35 bits per heavy atom. The summed E-state index contributed by atoms with van der Waals surface area (Å²) in [4.78, 5) is 11.8. The molecule has 0 saturated heterocycles. The van der Waals surface area contributed by atoms with Crippen LogP contribution in [0.5, 0.6) is 0 Å². The van der Waals surface area contributed by atoms with Gasteiger partial charge < -0.3 is 20.3 Å². The molecule has 0 spiro atoms. The number of ether oxygens (including phenoxy) is 2. The summed E-state index contributed by atoms with van der Waals surface area (Å²) in [5.74, 6) is -1.79. The van der Waals surface area contributed by atoms with Crippen LogP contribution in [0.3, 0.4) is 0 Å². The van der Waals surface area contributed by atoms with Crippen molar-refractivity contribution >= 4 is 33.9 Å². The van der Waals surface area contributed by atoms with E-state index in [2.05, 4.69) is 26.1 Å². The van der Waals surface area contributed by atoms with E-state index in [-0.39, 0.29) is 24.6 Å². The maximum Gasteiger partial charge on any atom is 0.349 e. The van der Waals surface area contributed by atoms with Gasteiger partial charge in [-0.15, -0.1) is 5.10 Å². The molecule has 8 heteroatoms. The first-order valence-electron chi connectivity index (χ1n) is 6.85. The van der Waals surface area contributed by atoms with E-state index >= 15 is 0 Å². The lowest BCUT2D eigenvalue weighted by Gasteiger charge is -2.08. The molecule has 1 rings (SSSR count). The summed E-state index contributed by atoms with van der Waals surface area (Å²) in [6.07, 6.45) is 1.46. The number of aliphatic hydroxyl groups excluding tert-OH is 1. The summed E-state index contributed by atoms with van der Waals surface area (Å²) in [5.41, 5.74) is 6.13. The Labute approximate surface area is 142 Å². The van der Waals surface area contributed by atoms with Gasteiger partial charge in [-0.2, -0.15) is 5.10 Å². The number of nitrogens with two attached hydrogens (primary N) is 1. The van der Waals surface area contributed by atoms with Crippen LogP contribution in [-0.4, -0.2) is 36.3 Å². The lowest BCUT2D eigenvalue weighted by molar-refractivity contribution is -0.138. The minimum Gasteiger partial charge on any atom is -0.480 e. The molecule has 0 aliphatic heterocycles. The second kappa shape index (κ2) is 9.62. The second-order valence-corrected chi connectivity index (χ2v) is 5.03. The van der Waals surface area contributed by atoms with Gasteiger partial charge in [0.25, 0.3) is 5.95 Å². The number of carbonyl (C=O) groups is 1. The van der Waals surface area contributed by atoms with E-state index in [4.69, 9.17) is 15.2 Å². The van der Waals surface area contributed by atoms with Crippen molar-refractivity contribution in [3.05, 3.63) is 45.8 Å². The second-order valence-electron chi connectivity index (χ2n) is 4.12. The first-order chi connectivity index (χ1) is 11.0. The Balaban J connectivity index is 3.02. The van der Waals surface area contributed by atoms with Gasteiger partial charge in [-0.05, 0) is 31.5 Å². The number of hydrogen-bond acceptors (Lipinski definition) is 6. The van der Waals surface area contributed by atoms with E-state index in [0.29, 0.717) is 0 Å². The fourth-order valence-electron chi connectivity index (χ4n) is 1.51. The van der Waals surface area contributed by atoms with Crippen LogP contribution in [0.4, 0.5) is 0 Å². The molecule has 124 valence electrons. The molecule has 1 aromatic rings. The van der Waals surface area contributed by atoms with Gasteiger partial charge >= 0.3 is 5.97 Å². The van der Waals surface area contributed by atoms with Crippen LogP contribution in [0, 0.1) is 0 Å². The molecule has 0 atom stereocenters. The molecule has 0 fully saturated rings. The molecular weight excluding hydrogens is 366 g/mol. The van der Waals surface area contributed by atoms with Crippen molar-refractivity contribution < 1.29 is 19.4 Å². The van der Waals surface area contributed by atoms with E-state index in [1.807, 2.05) is 24.3 Å². The van der Waals surface area contributed by atoms with Crippen LogP contribution in [-0.2, 0) is 14.3 Å². The maximum absolute atomic E-state index is 11.8. The Hall–Kier alpha value is -2.35. The van der Waals surface area contributed by atoms with E-state index in [1.54, 1.807) is 13.8 Å². The topological polar surface area (TPSA) is 107 Å². The lowest BCUT2D eigenvalue weighted by Crippen LogP contribution is -2.25. The third-order valence-electron chi connectivity index (χ3n) is 2.45. The number of halogens is 1. The van der Waals surface area contributed by atoms with Gasteiger partial charge in [0, 0.05) is 4.47 Å². The Morgan fingerprint density at radius 3 is 2.65 bits per heavy atom. The predicted octanol–water partition coefficient (Wildman–Crippen LogP) is 2.51. The minimum absolute atomic E-state index is 0.121. The highest BCUT2D eigenvalue weighted by molar-refractivity contribution is 9.10. The molecule has 3 N–H and O–H groups in total. The van der Waals surface area contributed by atoms with Gasteiger partial charge in [-0.1, -0.05) is 28.1 Å². The smallest absolute Gasteiger partial charge is 0.349 e. The lowest BCUT2D eigenvalue weighted by atomic mass is 10.2. The van der Waals surface area contributed by atoms with Crippen LogP contribution in [0.25, 0.3) is 0 Å². The molecule has 0 unspecified atom stereocenters. The molecule has 0 amide bonds. The molecule has 0 aliphatic carbocycles. The average Bonchev–Trinajstić information content (AvgIpc) is 2.48. The zero-order valence-corrected chi connectivity index (χ0v) is 14.4. The standard InChI is InChI=1S/C15H18BrN3O4/c1-3-22-14(20)12(15(21)23-4-2)13(17)19-18-9-10-6-5-7-11(16)8-10/h5-9,20H,3-4H2,1-2H3,(H2,17,19)/b14-12-,18-9+. The van der Waals surface area contributed by atoms with Gasteiger partial charge in [0.1, 0.15) is 0 Å². The van der Waals surface area contributed by atoms with E-state index in [9.17, 15) is 9.90 Å². The number of nitrogens with zero attached hydrogens (tertiary/aromatic N) is 2. The molecule has 7 nitrogen and oxygen atoms in total. The quantitative estimate of drug-likeness (QED) is 0.188. The van der Waals surface area contributed by atoms with Gasteiger partial charge in [-0.25, -0.2) is 4.79 Å². The van der Waals surface area contributed by atoms with Crippen molar-refractivity contribution in [2.75, 3.05) is 13.2 Å². The van der Waals surface area contributed by atoms with Crippen LogP contribution >= 0.6 is 15.9 Å². The van der Waals surface area contributed by atoms with Crippen LogP contribution < -0.4 is 5.73 Å². The summed E-state index contributed by atoms with van der Waals surface area (Å²) in [5, 5.41) is 17.3. The van der Waals surface area contributed by atoms with Gasteiger partial charge in [0.15, 0.2) is 11.4 Å². The van der Waals surface area contributed by atoms with E-state index < -0.39 is 11.9 Å². The number of benzene rings is 1. The molecule has 0 saturated carbocycles. The highest BCUT2D eigenvalue weighted by Crippen LogP contribution is 2.10. The van der Waals surface area contributed by atoms with Crippen molar-refractivity contribution in [1.29, 1.82) is 0 Å². The van der Waals surface area contributed by atoms with Crippen LogP contribution in [0.2, 0.25) is 0 Å². The van der Waals surface area contributed by atoms with E-state index in [1.165, 1.54) is 6.21 Å². The third-order valence-corrected chi connectivity index (χ3v) is 2.94. The largest absolute Gasteiger partial charge is 0.480 e. The van der Waals surface area contributed by atoms with Crippen LogP contribution in [0.15, 0.2) is 50.5 Å². The van der Waals surface area contributed by atoms with E-state index in [0.717, 1.165) is 10.0 Å². The number of esters is 1. The molecule has 0 bridgehead atoms. The number of carbonyl (C=O) groups excluding carboxylic acids is 1. The Kier molecular flexibility index (Phi) is 7.82. The van der Waals surface area contributed by atoms with Crippen molar-refractivity contribution in [3.8, 4) is 0 Å². The molecule has 0 aromatic heterocycles. The molecule has 23 heavy (non-hydrogen) atoms. The number of aliphatic hydroxyl groups is 1. The summed E-state index contributed by atoms with van der Waals surface area (Å²) >= 11 is 3.34. The SMILES string of the molecule is CCOC(=O)C(/C(N)=N/N=C/c1cccc(Br)c1)=C(/O)OCC. The summed E-state index contributed by atoms with van der Waals surface area (Å²) < 4.78 is 10.6. The number of hydrogen-bond donors (Lipinski definition) is 2. The summed E-state index contributed by atoms with van der Waals surface area (Å²) in [6.45, 7) is 3.56. The Bertz CT molecular complexity index is 641. The molecule has 1 aromatic carbocycles. The number of amidine groups is 1. The summed E-state index contributed by atoms with van der Waals surface area (Å²) in [7, 11) is 0. The third kappa shape index (κ3) is 6.11. The number of rotatable bonds is 7. The first kappa shape index (κ1) is 18.7. The average molecular weight is 384 g/mol. The fourth-order valence-corrected chi connectivity index (χ4v) is 1.93. The fraction of sp³-hybridized carbons (Fsp3) is 0.267. The predicted molar refractivity (Wildman–Crippen MR) is 91.3 cm³/mol. The normalized spacial score (nSPS) is 12.9. The van der Waals surface area contributed by atoms with Gasteiger partial charge in [-0.3, -0.25) is 0 Å². The first-order valence-corrected chi connectivity index (χ1v) is 7.64. The van der Waals surface area contributed by atoms with Crippen molar-refractivity contribution in [3.63, 3.8) is 0 Å². The zero-order chi connectivity index (χ0) is 17.2. The zero-order valence-electron chi connectivity index (χ0n) is 12.8. The highest BCUT2D eigenvalue weighted by Gasteiger charge is 2.22. The maximum atomic E-state index is 11.8. The molecular formula is C15H18BrN3O4. The molecule has 0 heterocycles. The van der Waals surface area contributed by atoms with Crippen molar-refractivity contribution in [1.82, 2.24) is 0 Å². The minimum atomic E-state index is -0.836. The molecule has 0 radical (unpaired) electrons. The van der Waals surface area contributed by atoms with Crippen molar-refractivity contribution in [2.24, 2.45) is 15.9 Å². The monoisotopic (exact) mass is 383 g/mol. The van der Waals surface area contributed by atoms with Gasteiger partial charge in [0.2, 0.25) is 0 Å².